The van der Waals surface area contributed by atoms with E-state index in [1.54, 1.807) is 0 Å². The van der Waals surface area contributed by atoms with Crippen LogP contribution in [0, 0.1) is 0 Å². The molecule has 0 atom stereocenters. The quantitative estimate of drug-likeness (QED) is 0.135. The molecule has 0 radical (unpaired) electrons. The molecule has 0 unspecified atom stereocenters. The predicted octanol–water partition coefficient (Wildman–Crippen LogP) is 15.0. The Morgan fingerprint density at radius 3 is 1.94 bits per heavy atom. The van der Waals surface area contributed by atoms with E-state index in [2.05, 4.69) is 191 Å². The number of aryl methyl sites for hydroxylation is 2. The fourth-order valence-corrected chi connectivity index (χ4v) is 11.1. The minimum Gasteiger partial charge on any atom is -0.456 e. The Morgan fingerprint density at radius 1 is 0.532 bits per heavy atom. The highest BCUT2D eigenvalue weighted by Crippen LogP contribution is 2.54. The van der Waals surface area contributed by atoms with Crippen LogP contribution in [0.5, 0.6) is 0 Å². The van der Waals surface area contributed by atoms with E-state index in [1.165, 1.54) is 110 Å². The highest BCUT2D eigenvalue weighted by molar-refractivity contribution is 6.93. The normalized spacial score (nSPS) is 15.7. The van der Waals surface area contributed by atoms with Crippen molar-refractivity contribution in [2.24, 2.45) is 0 Å². The molecule has 4 heteroatoms. The molecular weight excluding hydrogens is 751 g/mol. The van der Waals surface area contributed by atoms with Gasteiger partial charge in [-0.05, 0) is 142 Å². The lowest BCUT2D eigenvalue weighted by atomic mass is 9.43. The molecule has 1 aliphatic carbocycles. The maximum absolute atomic E-state index is 6.78. The van der Waals surface area contributed by atoms with Crippen LogP contribution in [-0.4, -0.2) is 6.85 Å². The van der Waals surface area contributed by atoms with Crippen molar-refractivity contribution < 1.29 is 4.42 Å². The smallest absolute Gasteiger partial charge is 0.333 e. The number of unbranched alkanes of at least 4 members (excludes halogenated alkanes) is 2. The number of furan rings is 1. The molecule has 0 saturated carbocycles. The number of hydrogen-bond donors (Lipinski definition) is 0. The lowest BCUT2D eigenvalue weighted by Crippen LogP contribution is -2.61. The first-order valence-electron chi connectivity index (χ1n) is 23.3. The molecule has 3 heterocycles. The Bertz CT molecular complexity index is 3010. The Kier molecular flexibility index (Phi) is 9.30. The summed E-state index contributed by atoms with van der Waals surface area (Å²) in [5.41, 5.74) is 21.8. The predicted molar refractivity (Wildman–Crippen MR) is 265 cm³/mol. The molecule has 62 heavy (non-hydrogen) atoms. The summed E-state index contributed by atoms with van der Waals surface area (Å²) in [4.78, 5) is 5.32. The first-order chi connectivity index (χ1) is 30.1. The Labute approximate surface area is 368 Å². The van der Waals surface area contributed by atoms with Gasteiger partial charge in [-0.15, -0.1) is 0 Å². The lowest BCUT2D eigenvalue weighted by molar-refractivity contribution is 0.332. The second-order valence-corrected chi connectivity index (χ2v) is 19.6. The Hall–Kier alpha value is -6.00. The molecule has 11 rings (SSSR count). The lowest BCUT2D eigenvalue weighted by Gasteiger charge is -2.48. The minimum atomic E-state index is -0.0822. The van der Waals surface area contributed by atoms with E-state index in [9.17, 15) is 0 Å². The van der Waals surface area contributed by atoms with E-state index in [-0.39, 0.29) is 17.7 Å². The van der Waals surface area contributed by atoms with Gasteiger partial charge >= 0.3 is 6.85 Å². The number of benzene rings is 7. The number of fused-ring (bicyclic) bond motifs is 8. The van der Waals surface area contributed by atoms with E-state index in [0.29, 0.717) is 0 Å². The van der Waals surface area contributed by atoms with Gasteiger partial charge in [-0.3, -0.25) is 0 Å². The van der Waals surface area contributed by atoms with Gasteiger partial charge < -0.3 is 14.1 Å². The van der Waals surface area contributed by atoms with Crippen molar-refractivity contribution in [2.75, 3.05) is 9.71 Å². The molecule has 0 bridgehead atoms. The van der Waals surface area contributed by atoms with Gasteiger partial charge in [0, 0.05) is 50.7 Å². The molecular formula is C58H57BN2O. The summed E-state index contributed by atoms with van der Waals surface area (Å²) in [7, 11) is 0. The molecule has 308 valence electrons. The summed E-state index contributed by atoms with van der Waals surface area (Å²) in [5.74, 6) is 0. The van der Waals surface area contributed by atoms with Crippen LogP contribution in [0.2, 0.25) is 0 Å². The van der Waals surface area contributed by atoms with Gasteiger partial charge in [0.15, 0.2) is 0 Å². The Balaban J connectivity index is 1.29. The van der Waals surface area contributed by atoms with Crippen LogP contribution in [-0.2, 0) is 23.7 Å². The van der Waals surface area contributed by atoms with Crippen LogP contribution in [0.15, 0.2) is 144 Å². The monoisotopic (exact) mass is 808 g/mol. The van der Waals surface area contributed by atoms with E-state index in [1.807, 2.05) is 0 Å². The molecule has 0 N–H and O–H groups in total. The fraction of sp³-hybridized carbons (Fsp3) is 0.276. The van der Waals surface area contributed by atoms with E-state index in [0.717, 1.165) is 47.6 Å². The molecule has 7 aromatic carbocycles. The van der Waals surface area contributed by atoms with Gasteiger partial charge in [-0.25, -0.2) is 0 Å². The number of hydrogen-bond acceptors (Lipinski definition) is 3. The third-order valence-corrected chi connectivity index (χ3v) is 14.6. The van der Waals surface area contributed by atoms with Gasteiger partial charge in [0.2, 0.25) is 0 Å². The fourth-order valence-electron chi connectivity index (χ4n) is 11.1. The second-order valence-electron chi connectivity index (χ2n) is 19.6. The third-order valence-electron chi connectivity index (χ3n) is 14.6. The van der Waals surface area contributed by atoms with Crippen molar-refractivity contribution in [3.8, 4) is 22.3 Å². The largest absolute Gasteiger partial charge is 0.456 e. The van der Waals surface area contributed by atoms with Crippen LogP contribution in [0.4, 0.5) is 28.4 Å². The van der Waals surface area contributed by atoms with Crippen LogP contribution < -0.4 is 20.6 Å². The van der Waals surface area contributed by atoms with Crippen LogP contribution in [0.3, 0.4) is 0 Å². The second kappa shape index (κ2) is 14.8. The van der Waals surface area contributed by atoms with Crippen LogP contribution in [0.25, 0.3) is 44.2 Å². The van der Waals surface area contributed by atoms with Crippen molar-refractivity contribution >= 4 is 68.1 Å². The molecule has 1 aromatic heterocycles. The number of rotatable bonds is 9. The summed E-state index contributed by atoms with van der Waals surface area (Å²) < 4.78 is 6.78. The van der Waals surface area contributed by atoms with Crippen LogP contribution in [0.1, 0.15) is 102 Å². The summed E-state index contributed by atoms with van der Waals surface area (Å²) in [6, 6.07) is 53.3. The molecule has 3 aliphatic rings. The van der Waals surface area contributed by atoms with Crippen molar-refractivity contribution in [1.82, 2.24) is 0 Å². The van der Waals surface area contributed by atoms with Gasteiger partial charge in [-0.1, -0.05) is 139 Å². The molecule has 0 amide bonds. The first-order valence-corrected chi connectivity index (χ1v) is 23.3. The van der Waals surface area contributed by atoms with E-state index < -0.39 is 0 Å². The van der Waals surface area contributed by atoms with Gasteiger partial charge in [0.05, 0.1) is 5.69 Å². The Morgan fingerprint density at radius 2 is 1.19 bits per heavy atom. The summed E-state index contributed by atoms with van der Waals surface area (Å²) in [6.07, 6.45) is 9.09. The maximum atomic E-state index is 6.78. The minimum absolute atomic E-state index is 0.0664. The van der Waals surface area contributed by atoms with Gasteiger partial charge in [-0.2, -0.15) is 0 Å². The van der Waals surface area contributed by atoms with Crippen molar-refractivity contribution in [2.45, 2.75) is 104 Å². The van der Waals surface area contributed by atoms with Crippen molar-refractivity contribution in [3.63, 3.8) is 0 Å². The highest BCUT2D eigenvalue weighted by Gasteiger charge is 2.48. The van der Waals surface area contributed by atoms with E-state index >= 15 is 0 Å². The average Bonchev–Trinajstić information content (AvgIpc) is 3.66. The summed E-state index contributed by atoms with van der Waals surface area (Å²) in [5, 5.41) is 2.32. The molecule has 2 aliphatic heterocycles. The standard InChI is InChI=1S/C58H57BN2O/c1-7-9-19-38-27-28-50(43(31-38)40-21-13-11-14-22-40)60-52-37-55-45(42-25-17-18-26-54(42)62-55)35-49(52)59-56-46(32-39(20-10-8-2)33-53(56)60)44-34-47-48(58(5,6)30-29-57(47,3)4)36-51(44)61(59)41-23-15-12-16-24-41/h11-18,21-28,31-37H,7-10,19-20,29-30H2,1-6H3. The number of nitrogens with zero attached hydrogens (tertiary/aromatic N) is 2. The van der Waals surface area contributed by atoms with Gasteiger partial charge in [0.1, 0.15) is 11.2 Å². The van der Waals surface area contributed by atoms with Crippen LogP contribution >= 0.6 is 0 Å². The average molecular weight is 809 g/mol. The molecule has 8 aromatic rings. The number of anilines is 5. The molecule has 0 saturated heterocycles. The van der Waals surface area contributed by atoms with Gasteiger partial charge in [0.25, 0.3) is 0 Å². The molecule has 0 spiro atoms. The highest BCUT2D eigenvalue weighted by atomic mass is 16.3. The SMILES string of the molecule is CCCCc1ccc(N2c3cc4oc5ccccc5c4cc3B3c4c(cc(CCCC)cc42)-c2cc4c(cc2N3c2ccccc2)C(C)(C)CCC4(C)C)c(-c2ccccc2)c1. The van der Waals surface area contributed by atoms with Crippen molar-refractivity contribution in [1.29, 1.82) is 0 Å². The maximum Gasteiger partial charge on any atom is 0.333 e. The zero-order valence-corrected chi connectivity index (χ0v) is 37.3. The topological polar surface area (TPSA) is 19.6 Å². The number of para-hydroxylation sites is 2. The third kappa shape index (κ3) is 6.16. The van der Waals surface area contributed by atoms with E-state index in [4.69, 9.17) is 4.42 Å². The summed E-state index contributed by atoms with van der Waals surface area (Å²) in [6.45, 7) is 14.4. The molecule has 3 nitrogen and oxygen atoms in total. The summed E-state index contributed by atoms with van der Waals surface area (Å²) >= 11 is 0. The zero-order valence-electron chi connectivity index (χ0n) is 37.3. The first kappa shape index (κ1) is 38.9. The zero-order chi connectivity index (χ0) is 42.3. The molecule has 0 fully saturated rings. The van der Waals surface area contributed by atoms with Crippen molar-refractivity contribution in [3.05, 3.63) is 162 Å².